The Kier molecular flexibility index (Phi) is 3.14. The van der Waals surface area contributed by atoms with Crippen LogP contribution in [0, 0.1) is 0 Å². The highest BCUT2D eigenvalue weighted by Crippen LogP contribution is 2.35. The number of nitrogens with two attached hydrogens (primary N) is 1. The topological polar surface area (TPSA) is 69.4 Å². The summed E-state index contributed by atoms with van der Waals surface area (Å²) >= 11 is 1.57. The first kappa shape index (κ1) is 11.8. The number of hydrogen-bond donors (Lipinski definition) is 1. The van der Waals surface area contributed by atoms with Gasteiger partial charge in [-0.1, -0.05) is 6.07 Å². The zero-order valence-corrected chi connectivity index (χ0v) is 10.5. The SMILES string of the molecule is CS(=O)(=O)c1cccc(SC2COC2)c1N. The number of nitrogen functional groups attached to an aromatic ring is 1. The Balaban J connectivity index is 2.32. The summed E-state index contributed by atoms with van der Waals surface area (Å²) in [7, 11) is -3.25. The molecule has 1 heterocycles. The van der Waals surface area contributed by atoms with Crippen molar-refractivity contribution >= 4 is 27.3 Å². The largest absolute Gasteiger partial charge is 0.397 e. The van der Waals surface area contributed by atoms with E-state index in [0.717, 1.165) is 4.90 Å². The van der Waals surface area contributed by atoms with E-state index >= 15 is 0 Å². The second-order valence-electron chi connectivity index (χ2n) is 3.72. The number of anilines is 1. The van der Waals surface area contributed by atoms with Crippen LogP contribution in [0.5, 0.6) is 0 Å². The zero-order valence-electron chi connectivity index (χ0n) is 8.84. The van der Waals surface area contributed by atoms with Crippen LogP contribution in [0.2, 0.25) is 0 Å². The van der Waals surface area contributed by atoms with Crippen molar-refractivity contribution in [2.45, 2.75) is 15.0 Å². The predicted molar refractivity (Wildman–Crippen MR) is 64.4 cm³/mol. The minimum absolute atomic E-state index is 0.206. The van der Waals surface area contributed by atoms with Gasteiger partial charge in [0.1, 0.15) is 0 Å². The molecule has 1 aliphatic heterocycles. The second kappa shape index (κ2) is 4.27. The molecule has 1 saturated heterocycles. The van der Waals surface area contributed by atoms with E-state index < -0.39 is 9.84 Å². The summed E-state index contributed by atoms with van der Waals surface area (Å²) in [6.07, 6.45) is 1.17. The Morgan fingerprint density at radius 2 is 2.12 bits per heavy atom. The van der Waals surface area contributed by atoms with Gasteiger partial charge in [0.2, 0.25) is 0 Å². The minimum Gasteiger partial charge on any atom is -0.397 e. The van der Waals surface area contributed by atoms with E-state index in [2.05, 4.69) is 0 Å². The van der Waals surface area contributed by atoms with Crippen molar-refractivity contribution in [2.24, 2.45) is 0 Å². The fourth-order valence-corrected chi connectivity index (χ4v) is 3.39. The first-order chi connectivity index (χ1) is 7.48. The third kappa shape index (κ3) is 2.34. The van der Waals surface area contributed by atoms with Gasteiger partial charge in [-0.3, -0.25) is 0 Å². The molecule has 0 radical (unpaired) electrons. The average molecular weight is 259 g/mol. The van der Waals surface area contributed by atoms with E-state index in [4.69, 9.17) is 10.5 Å². The average Bonchev–Trinajstić information content (AvgIpc) is 2.11. The molecule has 4 nitrogen and oxygen atoms in total. The maximum Gasteiger partial charge on any atom is 0.177 e. The highest BCUT2D eigenvalue weighted by molar-refractivity contribution is 8.00. The smallest absolute Gasteiger partial charge is 0.177 e. The summed E-state index contributed by atoms with van der Waals surface area (Å²) in [5.74, 6) is 0. The van der Waals surface area contributed by atoms with E-state index in [9.17, 15) is 8.42 Å². The lowest BCUT2D eigenvalue weighted by Gasteiger charge is -2.25. The summed E-state index contributed by atoms with van der Waals surface area (Å²) < 4.78 is 28.0. The van der Waals surface area contributed by atoms with Crippen molar-refractivity contribution in [2.75, 3.05) is 25.2 Å². The molecular weight excluding hydrogens is 246 g/mol. The summed E-state index contributed by atoms with van der Waals surface area (Å²) in [4.78, 5) is 1.02. The lowest BCUT2D eigenvalue weighted by molar-refractivity contribution is 0.0455. The monoisotopic (exact) mass is 259 g/mol. The van der Waals surface area contributed by atoms with Crippen molar-refractivity contribution in [3.05, 3.63) is 18.2 Å². The van der Waals surface area contributed by atoms with E-state index in [0.29, 0.717) is 24.2 Å². The minimum atomic E-state index is -3.25. The van der Waals surface area contributed by atoms with Gasteiger partial charge in [-0.15, -0.1) is 11.8 Å². The van der Waals surface area contributed by atoms with Crippen LogP contribution in [0.1, 0.15) is 0 Å². The molecule has 0 saturated carbocycles. The Morgan fingerprint density at radius 3 is 2.62 bits per heavy atom. The number of sulfone groups is 1. The van der Waals surface area contributed by atoms with Crippen LogP contribution in [0.25, 0.3) is 0 Å². The van der Waals surface area contributed by atoms with Gasteiger partial charge in [0.05, 0.1) is 29.0 Å². The molecule has 16 heavy (non-hydrogen) atoms. The van der Waals surface area contributed by atoms with E-state index in [-0.39, 0.29) is 4.90 Å². The number of thioether (sulfide) groups is 1. The van der Waals surface area contributed by atoms with Crippen molar-refractivity contribution in [1.29, 1.82) is 0 Å². The summed E-state index contributed by atoms with van der Waals surface area (Å²) in [6, 6.07) is 5.09. The summed E-state index contributed by atoms with van der Waals surface area (Å²) in [5.41, 5.74) is 6.20. The maximum atomic E-state index is 11.5. The first-order valence-corrected chi connectivity index (χ1v) is 7.58. The van der Waals surface area contributed by atoms with E-state index in [1.807, 2.05) is 6.07 Å². The Morgan fingerprint density at radius 1 is 1.44 bits per heavy atom. The molecule has 0 aliphatic carbocycles. The second-order valence-corrected chi connectivity index (χ2v) is 7.04. The molecule has 1 aromatic carbocycles. The molecule has 1 aromatic rings. The van der Waals surface area contributed by atoms with Crippen molar-refractivity contribution < 1.29 is 13.2 Å². The van der Waals surface area contributed by atoms with Gasteiger partial charge in [-0.05, 0) is 12.1 Å². The molecule has 1 fully saturated rings. The molecule has 0 atom stereocenters. The van der Waals surface area contributed by atoms with Crippen molar-refractivity contribution in [3.8, 4) is 0 Å². The molecule has 88 valence electrons. The van der Waals surface area contributed by atoms with Gasteiger partial charge in [0.15, 0.2) is 9.84 Å². The number of ether oxygens (including phenoxy) is 1. The normalized spacial score (nSPS) is 17.1. The molecule has 1 aliphatic rings. The van der Waals surface area contributed by atoms with Crippen LogP contribution < -0.4 is 5.73 Å². The van der Waals surface area contributed by atoms with Crippen molar-refractivity contribution in [3.63, 3.8) is 0 Å². The van der Waals surface area contributed by atoms with Crippen LogP contribution in [0.3, 0.4) is 0 Å². The fraction of sp³-hybridized carbons (Fsp3) is 0.400. The van der Waals surface area contributed by atoms with Gasteiger partial charge in [-0.2, -0.15) is 0 Å². The summed E-state index contributed by atoms with van der Waals surface area (Å²) in [6.45, 7) is 1.40. The van der Waals surface area contributed by atoms with Crippen LogP contribution in [0.15, 0.2) is 28.0 Å². The van der Waals surface area contributed by atoms with E-state index in [1.165, 1.54) is 12.3 Å². The van der Waals surface area contributed by atoms with Crippen LogP contribution in [-0.4, -0.2) is 33.1 Å². The lowest BCUT2D eigenvalue weighted by atomic mass is 10.3. The number of hydrogen-bond acceptors (Lipinski definition) is 5. The molecule has 0 aromatic heterocycles. The predicted octanol–water partition coefficient (Wildman–Crippen LogP) is 1.16. The molecule has 0 amide bonds. The van der Waals surface area contributed by atoms with Crippen molar-refractivity contribution in [1.82, 2.24) is 0 Å². The van der Waals surface area contributed by atoms with Crippen LogP contribution >= 0.6 is 11.8 Å². The molecule has 6 heteroatoms. The molecule has 2 N–H and O–H groups in total. The molecule has 0 unspecified atom stereocenters. The maximum absolute atomic E-state index is 11.5. The lowest BCUT2D eigenvalue weighted by Crippen LogP contribution is -2.30. The number of para-hydroxylation sites is 1. The Labute approximate surface area is 99.1 Å². The van der Waals surface area contributed by atoms with Gasteiger partial charge < -0.3 is 10.5 Å². The fourth-order valence-electron chi connectivity index (χ4n) is 1.41. The third-order valence-corrected chi connectivity index (χ3v) is 4.70. The highest BCUT2D eigenvalue weighted by atomic mass is 32.2. The quantitative estimate of drug-likeness (QED) is 0.825. The molecule has 0 bridgehead atoms. The molecule has 2 rings (SSSR count). The zero-order chi connectivity index (χ0) is 11.8. The third-order valence-electron chi connectivity index (χ3n) is 2.33. The number of benzene rings is 1. The van der Waals surface area contributed by atoms with Gasteiger partial charge in [0, 0.05) is 11.2 Å². The van der Waals surface area contributed by atoms with E-state index in [1.54, 1.807) is 17.8 Å². The molecule has 0 spiro atoms. The Hall–Kier alpha value is -0.720. The van der Waals surface area contributed by atoms with Gasteiger partial charge in [-0.25, -0.2) is 8.42 Å². The van der Waals surface area contributed by atoms with Gasteiger partial charge in [0.25, 0.3) is 0 Å². The van der Waals surface area contributed by atoms with Crippen LogP contribution in [-0.2, 0) is 14.6 Å². The van der Waals surface area contributed by atoms with Crippen LogP contribution in [0.4, 0.5) is 5.69 Å². The summed E-state index contributed by atoms with van der Waals surface area (Å²) in [5, 5.41) is 0.386. The molecular formula is C10H13NO3S2. The number of rotatable bonds is 3. The Bertz CT molecular complexity index is 495. The highest BCUT2D eigenvalue weighted by Gasteiger charge is 2.22. The van der Waals surface area contributed by atoms with Gasteiger partial charge >= 0.3 is 0 Å². The first-order valence-electron chi connectivity index (χ1n) is 4.81. The standard InChI is InChI=1S/C10H13NO3S2/c1-16(12,13)9-4-2-3-8(10(9)11)15-7-5-14-6-7/h2-4,7H,5-6,11H2,1H3.